The molecule has 0 aliphatic heterocycles. The molecule has 8 nitrogen and oxygen atoms in total. The molecule has 134 valence electrons. The standard InChI is InChI=1S/C17H22N4O4/c1-17(2,3)25-10-9-13(16(23)24)18-15(22)14-11-21(20-19-14)12-7-5-4-6-8-12/h4-8,11,13H,9-10H2,1-3H3,(H,18,22)(H,23,24). The topological polar surface area (TPSA) is 106 Å². The number of aliphatic carboxylic acids is 1. The summed E-state index contributed by atoms with van der Waals surface area (Å²) in [6.45, 7) is 5.85. The molecule has 1 heterocycles. The fraction of sp³-hybridized carbons (Fsp3) is 0.412. The van der Waals surface area contributed by atoms with Crippen molar-refractivity contribution in [3.63, 3.8) is 0 Å². The first-order chi connectivity index (χ1) is 11.8. The Labute approximate surface area is 145 Å². The van der Waals surface area contributed by atoms with Crippen molar-refractivity contribution < 1.29 is 19.4 Å². The van der Waals surface area contributed by atoms with E-state index in [0.29, 0.717) is 0 Å². The minimum Gasteiger partial charge on any atom is -0.480 e. The van der Waals surface area contributed by atoms with Crippen LogP contribution in [0.1, 0.15) is 37.7 Å². The largest absolute Gasteiger partial charge is 0.480 e. The number of carbonyl (C=O) groups is 2. The van der Waals surface area contributed by atoms with Crippen molar-refractivity contribution >= 4 is 11.9 Å². The Hall–Kier alpha value is -2.74. The summed E-state index contributed by atoms with van der Waals surface area (Å²) >= 11 is 0. The molecule has 1 unspecified atom stereocenters. The van der Waals surface area contributed by atoms with Gasteiger partial charge in [-0.25, -0.2) is 9.48 Å². The van der Waals surface area contributed by atoms with E-state index in [9.17, 15) is 14.7 Å². The monoisotopic (exact) mass is 346 g/mol. The molecule has 0 bridgehead atoms. The number of carboxylic acids is 1. The lowest BCUT2D eigenvalue weighted by Crippen LogP contribution is -2.42. The van der Waals surface area contributed by atoms with Crippen LogP contribution in [-0.4, -0.2) is 50.2 Å². The van der Waals surface area contributed by atoms with Crippen molar-refractivity contribution in [2.75, 3.05) is 6.61 Å². The molecule has 0 spiro atoms. The van der Waals surface area contributed by atoms with Gasteiger partial charge in [0.15, 0.2) is 5.69 Å². The van der Waals surface area contributed by atoms with Crippen LogP contribution in [-0.2, 0) is 9.53 Å². The van der Waals surface area contributed by atoms with Crippen LogP contribution < -0.4 is 5.32 Å². The lowest BCUT2D eigenvalue weighted by Gasteiger charge is -2.21. The molecule has 0 aliphatic carbocycles. The summed E-state index contributed by atoms with van der Waals surface area (Å²) < 4.78 is 6.96. The molecule has 8 heteroatoms. The summed E-state index contributed by atoms with van der Waals surface area (Å²) in [7, 11) is 0. The first kappa shape index (κ1) is 18.6. The van der Waals surface area contributed by atoms with E-state index in [0.717, 1.165) is 5.69 Å². The highest BCUT2D eigenvalue weighted by Crippen LogP contribution is 2.09. The average molecular weight is 346 g/mol. The highest BCUT2D eigenvalue weighted by atomic mass is 16.5. The molecule has 0 fully saturated rings. The van der Waals surface area contributed by atoms with Crippen molar-refractivity contribution in [2.45, 2.75) is 38.8 Å². The molecule has 0 saturated heterocycles. The van der Waals surface area contributed by atoms with E-state index in [4.69, 9.17) is 4.74 Å². The first-order valence-corrected chi connectivity index (χ1v) is 7.92. The van der Waals surface area contributed by atoms with E-state index < -0.39 is 17.9 Å². The summed E-state index contributed by atoms with van der Waals surface area (Å²) in [5, 5.41) is 19.4. The lowest BCUT2D eigenvalue weighted by atomic mass is 10.1. The minimum absolute atomic E-state index is 0.0480. The van der Waals surface area contributed by atoms with E-state index in [2.05, 4.69) is 15.6 Å². The number of carboxylic acid groups (broad SMARTS) is 1. The van der Waals surface area contributed by atoms with Crippen molar-refractivity contribution in [3.05, 3.63) is 42.2 Å². The number of ether oxygens (including phenoxy) is 1. The number of nitrogens with zero attached hydrogens (tertiary/aromatic N) is 3. The van der Waals surface area contributed by atoms with E-state index in [1.165, 1.54) is 10.9 Å². The smallest absolute Gasteiger partial charge is 0.326 e. The maximum absolute atomic E-state index is 12.2. The third-order valence-corrected chi connectivity index (χ3v) is 3.29. The van der Waals surface area contributed by atoms with E-state index in [1.807, 2.05) is 51.1 Å². The zero-order valence-corrected chi connectivity index (χ0v) is 14.5. The molecule has 1 aromatic carbocycles. The van der Waals surface area contributed by atoms with Crippen molar-refractivity contribution in [1.82, 2.24) is 20.3 Å². The molecule has 0 radical (unpaired) electrons. The van der Waals surface area contributed by atoms with Gasteiger partial charge in [0, 0.05) is 13.0 Å². The first-order valence-electron chi connectivity index (χ1n) is 7.92. The summed E-state index contributed by atoms with van der Waals surface area (Å²) in [5.74, 6) is -1.72. The van der Waals surface area contributed by atoms with Crippen molar-refractivity contribution in [2.24, 2.45) is 0 Å². The van der Waals surface area contributed by atoms with E-state index in [1.54, 1.807) is 0 Å². The van der Waals surface area contributed by atoms with E-state index in [-0.39, 0.29) is 24.3 Å². The van der Waals surface area contributed by atoms with Crippen molar-refractivity contribution in [1.29, 1.82) is 0 Å². The maximum Gasteiger partial charge on any atom is 0.326 e. The van der Waals surface area contributed by atoms with Crippen LogP contribution >= 0.6 is 0 Å². The van der Waals surface area contributed by atoms with Gasteiger partial charge in [0.25, 0.3) is 5.91 Å². The molecule has 0 saturated carbocycles. The average Bonchev–Trinajstić information content (AvgIpc) is 3.03. The SMILES string of the molecule is CC(C)(C)OCCC(NC(=O)c1cn(-c2ccccc2)nn1)C(=O)O. The fourth-order valence-corrected chi connectivity index (χ4v) is 2.05. The summed E-state index contributed by atoms with van der Waals surface area (Å²) in [6.07, 6.45) is 1.61. The number of hydrogen-bond acceptors (Lipinski definition) is 5. The Morgan fingerprint density at radius 3 is 2.56 bits per heavy atom. The van der Waals surface area contributed by atoms with Gasteiger partial charge >= 0.3 is 5.97 Å². The molecule has 25 heavy (non-hydrogen) atoms. The number of rotatable bonds is 7. The Bertz CT molecular complexity index is 722. The third kappa shape index (κ3) is 5.68. The van der Waals surface area contributed by atoms with E-state index >= 15 is 0 Å². The van der Waals surface area contributed by atoms with Gasteiger partial charge in [0.2, 0.25) is 0 Å². The summed E-state index contributed by atoms with van der Waals surface area (Å²) in [5.41, 5.74) is 0.431. The van der Waals surface area contributed by atoms with Gasteiger partial charge < -0.3 is 15.2 Å². The number of benzene rings is 1. The van der Waals surface area contributed by atoms with Gasteiger partial charge in [-0.05, 0) is 32.9 Å². The lowest BCUT2D eigenvalue weighted by molar-refractivity contribution is -0.140. The molecule has 2 rings (SSSR count). The summed E-state index contributed by atoms with van der Waals surface area (Å²) in [4.78, 5) is 23.6. The Kier molecular flexibility index (Phi) is 5.87. The van der Waals surface area contributed by atoms with Gasteiger partial charge in [0.05, 0.1) is 17.5 Å². The molecule has 1 atom stereocenters. The number of amides is 1. The predicted molar refractivity (Wildman–Crippen MR) is 90.6 cm³/mol. The zero-order chi connectivity index (χ0) is 18.4. The quantitative estimate of drug-likeness (QED) is 0.790. The third-order valence-electron chi connectivity index (χ3n) is 3.29. The second-order valence-electron chi connectivity index (χ2n) is 6.50. The van der Waals surface area contributed by atoms with Gasteiger partial charge in [-0.2, -0.15) is 0 Å². The fourth-order valence-electron chi connectivity index (χ4n) is 2.05. The molecular weight excluding hydrogens is 324 g/mol. The molecule has 2 aromatic rings. The molecule has 1 amide bonds. The number of nitrogens with one attached hydrogen (secondary N) is 1. The second-order valence-corrected chi connectivity index (χ2v) is 6.50. The molecule has 2 N–H and O–H groups in total. The zero-order valence-electron chi connectivity index (χ0n) is 14.5. The Morgan fingerprint density at radius 2 is 1.96 bits per heavy atom. The second kappa shape index (κ2) is 7.89. The number of aromatic nitrogens is 3. The van der Waals surface area contributed by atoms with Crippen LogP contribution in [0.25, 0.3) is 5.69 Å². The van der Waals surface area contributed by atoms with Crippen molar-refractivity contribution in [3.8, 4) is 5.69 Å². The van der Waals surface area contributed by atoms with Gasteiger partial charge in [-0.3, -0.25) is 4.79 Å². The summed E-state index contributed by atoms with van der Waals surface area (Å²) in [6, 6.07) is 8.13. The molecule has 0 aliphatic rings. The van der Waals surface area contributed by atoms with Crippen LogP contribution in [0.5, 0.6) is 0 Å². The Morgan fingerprint density at radius 1 is 1.28 bits per heavy atom. The van der Waals surface area contributed by atoms with Crippen LogP contribution in [0.15, 0.2) is 36.5 Å². The highest BCUT2D eigenvalue weighted by Gasteiger charge is 2.23. The molecular formula is C17H22N4O4. The van der Waals surface area contributed by atoms with Gasteiger partial charge in [-0.15, -0.1) is 5.10 Å². The number of para-hydroxylation sites is 1. The molecule has 1 aromatic heterocycles. The predicted octanol–water partition coefficient (Wildman–Crippen LogP) is 1.66. The number of hydrogen-bond donors (Lipinski definition) is 2. The number of carbonyl (C=O) groups excluding carboxylic acids is 1. The van der Waals surface area contributed by atoms with Gasteiger partial charge in [0.1, 0.15) is 6.04 Å². The maximum atomic E-state index is 12.2. The van der Waals surface area contributed by atoms with Crippen LogP contribution in [0.2, 0.25) is 0 Å². The van der Waals surface area contributed by atoms with Crippen LogP contribution in [0, 0.1) is 0 Å². The van der Waals surface area contributed by atoms with Gasteiger partial charge in [-0.1, -0.05) is 23.4 Å². The van der Waals surface area contributed by atoms with Crippen LogP contribution in [0.3, 0.4) is 0 Å². The van der Waals surface area contributed by atoms with Crippen LogP contribution in [0.4, 0.5) is 0 Å². The normalized spacial score (nSPS) is 12.6. The highest BCUT2D eigenvalue weighted by molar-refractivity contribution is 5.94. The Balaban J connectivity index is 1.99. The minimum atomic E-state index is -1.12.